The standard InChI is InChI=1S/C19H28N2O2/c1-15(2)14-16-4-6-17(7-5-16)18(22)8-9-19(23)21-12-3-10-20-11-13-21/h4-7,15,20H,3,8-14H2,1-2H3. The quantitative estimate of drug-likeness (QED) is 0.821. The first-order valence-electron chi connectivity index (χ1n) is 8.67. The Labute approximate surface area is 139 Å². The van der Waals surface area contributed by atoms with E-state index in [1.165, 1.54) is 5.56 Å². The molecule has 1 saturated heterocycles. The lowest BCUT2D eigenvalue weighted by atomic mass is 9.99. The van der Waals surface area contributed by atoms with Crippen LogP contribution in [-0.4, -0.2) is 42.8 Å². The predicted octanol–water partition coefficient (Wildman–Crippen LogP) is 2.67. The highest BCUT2D eigenvalue weighted by Gasteiger charge is 2.16. The molecule has 0 saturated carbocycles. The van der Waals surface area contributed by atoms with E-state index in [-0.39, 0.29) is 11.7 Å². The Hall–Kier alpha value is -1.68. The van der Waals surface area contributed by atoms with Crippen molar-refractivity contribution in [3.05, 3.63) is 35.4 Å². The number of benzene rings is 1. The molecule has 0 unspecified atom stereocenters. The van der Waals surface area contributed by atoms with Gasteiger partial charge < -0.3 is 10.2 Å². The Balaban J connectivity index is 1.82. The zero-order valence-corrected chi connectivity index (χ0v) is 14.3. The molecule has 23 heavy (non-hydrogen) atoms. The summed E-state index contributed by atoms with van der Waals surface area (Å²) in [5.74, 6) is 0.762. The molecule has 1 fully saturated rings. The van der Waals surface area contributed by atoms with Gasteiger partial charge in [0.25, 0.3) is 0 Å². The highest BCUT2D eigenvalue weighted by Crippen LogP contribution is 2.12. The monoisotopic (exact) mass is 316 g/mol. The van der Waals surface area contributed by atoms with E-state index >= 15 is 0 Å². The smallest absolute Gasteiger partial charge is 0.223 e. The highest BCUT2D eigenvalue weighted by molar-refractivity contribution is 5.97. The molecule has 1 aromatic rings. The normalized spacial score (nSPS) is 15.5. The molecule has 2 rings (SSSR count). The van der Waals surface area contributed by atoms with Crippen LogP contribution >= 0.6 is 0 Å². The van der Waals surface area contributed by atoms with E-state index in [4.69, 9.17) is 0 Å². The van der Waals surface area contributed by atoms with Crippen LogP contribution < -0.4 is 5.32 Å². The van der Waals surface area contributed by atoms with Crippen molar-refractivity contribution in [2.75, 3.05) is 26.2 Å². The van der Waals surface area contributed by atoms with Gasteiger partial charge in [0.2, 0.25) is 5.91 Å². The van der Waals surface area contributed by atoms with Gasteiger partial charge in [0.1, 0.15) is 0 Å². The molecular formula is C19H28N2O2. The number of hydrogen-bond donors (Lipinski definition) is 1. The van der Waals surface area contributed by atoms with Crippen LogP contribution in [0.25, 0.3) is 0 Å². The molecule has 0 aliphatic carbocycles. The zero-order chi connectivity index (χ0) is 16.7. The maximum absolute atomic E-state index is 12.3. The summed E-state index contributed by atoms with van der Waals surface area (Å²) in [7, 11) is 0. The minimum absolute atomic E-state index is 0.0578. The van der Waals surface area contributed by atoms with Crippen molar-refractivity contribution < 1.29 is 9.59 Å². The van der Waals surface area contributed by atoms with Crippen molar-refractivity contribution in [3.63, 3.8) is 0 Å². The third-order valence-electron chi connectivity index (χ3n) is 4.18. The largest absolute Gasteiger partial charge is 0.341 e. The number of carbonyl (C=O) groups excluding carboxylic acids is 2. The minimum Gasteiger partial charge on any atom is -0.341 e. The second-order valence-electron chi connectivity index (χ2n) is 6.70. The third-order valence-corrected chi connectivity index (χ3v) is 4.18. The Bertz CT molecular complexity index is 515. The number of amides is 1. The van der Waals surface area contributed by atoms with Gasteiger partial charge in [0, 0.05) is 38.0 Å². The summed E-state index contributed by atoms with van der Waals surface area (Å²) in [4.78, 5) is 26.3. The topological polar surface area (TPSA) is 49.4 Å². The van der Waals surface area contributed by atoms with Crippen molar-refractivity contribution in [3.8, 4) is 0 Å². The van der Waals surface area contributed by atoms with E-state index in [9.17, 15) is 9.59 Å². The van der Waals surface area contributed by atoms with Gasteiger partial charge in [-0.05, 0) is 30.9 Å². The number of nitrogens with zero attached hydrogens (tertiary/aromatic N) is 1. The lowest BCUT2D eigenvalue weighted by molar-refractivity contribution is -0.130. The molecule has 1 aliphatic heterocycles. The zero-order valence-electron chi connectivity index (χ0n) is 14.3. The molecule has 1 aromatic carbocycles. The van der Waals surface area contributed by atoms with Crippen LogP contribution in [0.15, 0.2) is 24.3 Å². The molecule has 0 spiro atoms. The molecule has 1 amide bonds. The van der Waals surface area contributed by atoms with Gasteiger partial charge in [-0.25, -0.2) is 0 Å². The molecule has 1 aliphatic rings. The Kier molecular flexibility index (Phi) is 6.78. The van der Waals surface area contributed by atoms with Crippen molar-refractivity contribution in [2.45, 2.75) is 39.5 Å². The van der Waals surface area contributed by atoms with Gasteiger partial charge in [-0.15, -0.1) is 0 Å². The van der Waals surface area contributed by atoms with E-state index in [0.717, 1.165) is 39.0 Å². The van der Waals surface area contributed by atoms with Crippen LogP contribution in [0.2, 0.25) is 0 Å². The van der Waals surface area contributed by atoms with Gasteiger partial charge in [-0.2, -0.15) is 0 Å². The molecule has 4 heteroatoms. The van der Waals surface area contributed by atoms with E-state index in [1.807, 2.05) is 29.2 Å². The fraction of sp³-hybridized carbons (Fsp3) is 0.579. The van der Waals surface area contributed by atoms with Gasteiger partial charge in [0.15, 0.2) is 5.78 Å². The first-order chi connectivity index (χ1) is 11.1. The molecule has 1 N–H and O–H groups in total. The Morgan fingerprint density at radius 3 is 2.52 bits per heavy atom. The lowest BCUT2D eigenvalue weighted by Gasteiger charge is -2.19. The molecule has 4 nitrogen and oxygen atoms in total. The summed E-state index contributed by atoms with van der Waals surface area (Å²) in [5, 5.41) is 3.28. The summed E-state index contributed by atoms with van der Waals surface area (Å²) in [5.41, 5.74) is 1.97. The number of Topliss-reactive ketones (excluding diaryl/α,β-unsaturated/α-hetero) is 1. The van der Waals surface area contributed by atoms with Crippen LogP contribution in [-0.2, 0) is 11.2 Å². The summed E-state index contributed by atoms with van der Waals surface area (Å²) < 4.78 is 0. The van der Waals surface area contributed by atoms with E-state index in [1.54, 1.807) is 0 Å². The van der Waals surface area contributed by atoms with Crippen molar-refractivity contribution in [1.29, 1.82) is 0 Å². The Morgan fingerprint density at radius 2 is 1.83 bits per heavy atom. The number of hydrogen-bond acceptors (Lipinski definition) is 3. The fourth-order valence-electron chi connectivity index (χ4n) is 2.92. The first-order valence-corrected chi connectivity index (χ1v) is 8.67. The lowest BCUT2D eigenvalue weighted by Crippen LogP contribution is -2.34. The minimum atomic E-state index is 0.0578. The van der Waals surface area contributed by atoms with Crippen molar-refractivity contribution >= 4 is 11.7 Å². The molecule has 0 atom stereocenters. The maximum atomic E-state index is 12.3. The number of ketones is 1. The van der Waals surface area contributed by atoms with Gasteiger partial charge in [-0.1, -0.05) is 38.1 Å². The summed E-state index contributed by atoms with van der Waals surface area (Å²) in [6.45, 7) is 7.72. The van der Waals surface area contributed by atoms with Crippen LogP contribution in [0.4, 0.5) is 0 Å². The number of nitrogens with one attached hydrogen (secondary N) is 1. The average molecular weight is 316 g/mol. The molecule has 0 bridgehead atoms. The fourth-order valence-corrected chi connectivity index (χ4v) is 2.92. The van der Waals surface area contributed by atoms with Crippen molar-refractivity contribution in [1.82, 2.24) is 10.2 Å². The molecule has 1 heterocycles. The van der Waals surface area contributed by atoms with E-state index in [2.05, 4.69) is 19.2 Å². The summed E-state index contributed by atoms with van der Waals surface area (Å²) >= 11 is 0. The second-order valence-corrected chi connectivity index (χ2v) is 6.70. The number of carbonyl (C=O) groups is 2. The Morgan fingerprint density at radius 1 is 1.09 bits per heavy atom. The van der Waals surface area contributed by atoms with Gasteiger partial charge in [0.05, 0.1) is 0 Å². The summed E-state index contributed by atoms with van der Waals surface area (Å²) in [6, 6.07) is 7.83. The van der Waals surface area contributed by atoms with E-state index in [0.29, 0.717) is 24.3 Å². The predicted molar refractivity (Wildman–Crippen MR) is 92.6 cm³/mol. The van der Waals surface area contributed by atoms with Crippen LogP contribution in [0.3, 0.4) is 0 Å². The van der Waals surface area contributed by atoms with Gasteiger partial charge >= 0.3 is 0 Å². The SMILES string of the molecule is CC(C)Cc1ccc(C(=O)CCC(=O)N2CCCNCC2)cc1. The second kappa shape index (κ2) is 8.82. The maximum Gasteiger partial charge on any atom is 0.223 e. The molecular weight excluding hydrogens is 288 g/mol. The van der Waals surface area contributed by atoms with Crippen LogP contribution in [0, 0.1) is 5.92 Å². The van der Waals surface area contributed by atoms with Crippen LogP contribution in [0.1, 0.15) is 49.0 Å². The van der Waals surface area contributed by atoms with Gasteiger partial charge in [-0.3, -0.25) is 9.59 Å². The molecule has 0 radical (unpaired) electrons. The van der Waals surface area contributed by atoms with Crippen molar-refractivity contribution in [2.24, 2.45) is 5.92 Å². The average Bonchev–Trinajstić information content (AvgIpc) is 2.81. The summed E-state index contributed by atoms with van der Waals surface area (Å²) in [6.07, 6.45) is 2.62. The third kappa shape index (κ3) is 5.79. The first kappa shape index (κ1) is 17.7. The highest BCUT2D eigenvalue weighted by atomic mass is 16.2. The van der Waals surface area contributed by atoms with Crippen LogP contribution in [0.5, 0.6) is 0 Å². The number of rotatable bonds is 6. The molecule has 0 aromatic heterocycles. The van der Waals surface area contributed by atoms with E-state index < -0.39 is 0 Å². The molecule has 126 valence electrons.